The van der Waals surface area contributed by atoms with Crippen LogP contribution in [0.2, 0.25) is 0 Å². The van der Waals surface area contributed by atoms with Gasteiger partial charge in [-0.1, -0.05) is 0 Å². The Hall–Kier alpha value is -1.40. The minimum atomic E-state index is -0.369. The summed E-state index contributed by atoms with van der Waals surface area (Å²) in [6.07, 6.45) is 0.952. The highest BCUT2D eigenvalue weighted by Crippen LogP contribution is 2.33. The second-order valence-electron chi connectivity index (χ2n) is 3.56. The Labute approximate surface area is 89.3 Å². The van der Waals surface area contributed by atoms with E-state index in [1.807, 2.05) is 0 Å². The number of fused-ring (bicyclic) bond motifs is 3. The first kappa shape index (κ1) is 8.87. The van der Waals surface area contributed by atoms with Crippen LogP contribution in [0.15, 0.2) is 4.79 Å². The van der Waals surface area contributed by atoms with E-state index in [-0.39, 0.29) is 5.69 Å². The number of anilines is 1. The Morgan fingerprint density at radius 1 is 1.47 bits per heavy atom. The minimum absolute atomic E-state index is 0.355. The third-order valence-corrected chi connectivity index (χ3v) is 3.77. The molecule has 0 aromatic carbocycles. The largest absolute Gasteiger partial charge is 0.383 e. The number of hydrogen-bond acceptors (Lipinski definition) is 5. The predicted molar refractivity (Wildman–Crippen MR) is 60.1 cm³/mol. The second-order valence-corrected chi connectivity index (χ2v) is 4.67. The average molecular weight is 222 g/mol. The van der Waals surface area contributed by atoms with Crippen molar-refractivity contribution < 1.29 is 0 Å². The summed E-state index contributed by atoms with van der Waals surface area (Å²) in [4.78, 5) is 19.7. The molecular weight excluding hydrogens is 212 g/mol. The molecule has 0 amide bonds. The molecule has 0 saturated heterocycles. The van der Waals surface area contributed by atoms with Crippen LogP contribution in [-0.4, -0.2) is 16.5 Å². The molecule has 0 radical (unpaired) electrons. The number of nitrogens with one attached hydrogen (secondary N) is 2. The summed E-state index contributed by atoms with van der Waals surface area (Å²) >= 11 is 1.59. The van der Waals surface area contributed by atoms with E-state index in [9.17, 15) is 4.79 Å². The van der Waals surface area contributed by atoms with Gasteiger partial charge in [0.1, 0.15) is 10.6 Å². The molecule has 5 nitrogen and oxygen atoms in total. The topological polar surface area (TPSA) is 83.8 Å². The predicted octanol–water partition coefficient (Wildman–Crippen LogP) is 0.212. The first-order chi connectivity index (χ1) is 7.25. The Bertz CT molecular complexity index is 586. The van der Waals surface area contributed by atoms with Gasteiger partial charge in [0.2, 0.25) is 0 Å². The van der Waals surface area contributed by atoms with E-state index in [0.29, 0.717) is 5.82 Å². The summed E-state index contributed by atoms with van der Waals surface area (Å²) in [5.74, 6) is 0.355. The first-order valence-electron chi connectivity index (χ1n) is 4.76. The van der Waals surface area contributed by atoms with E-state index in [4.69, 9.17) is 5.73 Å². The van der Waals surface area contributed by atoms with Crippen molar-refractivity contribution in [3.8, 4) is 0 Å². The van der Waals surface area contributed by atoms with Crippen LogP contribution in [0.1, 0.15) is 10.4 Å². The highest BCUT2D eigenvalue weighted by Gasteiger charge is 2.18. The van der Waals surface area contributed by atoms with Crippen LogP contribution < -0.4 is 16.7 Å². The van der Waals surface area contributed by atoms with Crippen molar-refractivity contribution in [1.82, 2.24) is 15.3 Å². The van der Waals surface area contributed by atoms with Gasteiger partial charge in [-0.2, -0.15) is 4.98 Å². The zero-order valence-corrected chi connectivity index (χ0v) is 8.78. The van der Waals surface area contributed by atoms with Crippen LogP contribution >= 0.6 is 11.3 Å². The van der Waals surface area contributed by atoms with Gasteiger partial charge < -0.3 is 11.1 Å². The zero-order valence-electron chi connectivity index (χ0n) is 7.96. The molecule has 2 aromatic heterocycles. The Morgan fingerprint density at radius 2 is 2.33 bits per heavy atom. The molecule has 0 fully saturated rings. The summed E-state index contributed by atoms with van der Waals surface area (Å²) < 4.78 is 0. The average Bonchev–Trinajstić information content (AvgIpc) is 2.54. The number of thiophene rings is 1. The Morgan fingerprint density at radius 3 is 3.20 bits per heavy atom. The number of aromatic amines is 1. The van der Waals surface area contributed by atoms with E-state index < -0.39 is 0 Å². The van der Waals surface area contributed by atoms with Crippen LogP contribution in [-0.2, 0) is 13.0 Å². The van der Waals surface area contributed by atoms with Crippen molar-refractivity contribution in [3.63, 3.8) is 0 Å². The molecule has 0 saturated carbocycles. The van der Waals surface area contributed by atoms with Gasteiger partial charge in [-0.3, -0.25) is 4.98 Å². The number of nitrogen functional groups attached to an aromatic ring is 1. The lowest BCUT2D eigenvalue weighted by atomic mass is 10.1. The number of rotatable bonds is 0. The summed E-state index contributed by atoms with van der Waals surface area (Å²) in [6, 6.07) is 0. The highest BCUT2D eigenvalue weighted by atomic mass is 32.1. The molecule has 2 aromatic rings. The molecule has 3 rings (SSSR count). The Balaban J connectivity index is 2.42. The molecule has 0 aliphatic carbocycles. The molecule has 3 heterocycles. The second kappa shape index (κ2) is 3.04. The SMILES string of the molecule is Nc1nc(=O)[nH]c2sc3c(c12)CCNC3. The molecule has 78 valence electrons. The number of nitrogens with two attached hydrogens (primary N) is 1. The van der Waals surface area contributed by atoms with Gasteiger partial charge in [0.15, 0.2) is 0 Å². The number of aromatic nitrogens is 2. The third-order valence-electron chi connectivity index (χ3n) is 2.63. The summed E-state index contributed by atoms with van der Waals surface area (Å²) in [5.41, 5.74) is 6.66. The summed E-state index contributed by atoms with van der Waals surface area (Å²) in [5, 5.41) is 4.23. The zero-order chi connectivity index (χ0) is 10.4. The fraction of sp³-hybridized carbons (Fsp3) is 0.333. The van der Waals surface area contributed by atoms with Crippen LogP contribution in [0.4, 0.5) is 5.82 Å². The molecule has 0 atom stereocenters. The van der Waals surface area contributed by atoms with E-state index in [0.717, 1.165) is 29.7 Å². The van der Waals surface area contributed by atoms with Crippen molar-refractivity contribution in [1.29, 1.82) is 0 Å². The fourth-order valence-corrected chi connectivity index (χ4v) is 3.20. The standard InChI is InChI=1S/C9H10N4OS/c10-7-6-4-1-2-11-3-5(4)15-8(6)13-9(14)12-7/h11H,1-3H2,(H3,10,12,13,14). The van der Waals surface area contributed by atoms with Gasteiger partial charge in [-0.05, 0) is 18.5 Å². The molecule has 1 aliphatic rings. The van der Waals surface area contributed by atoms with Gasteiger partial charge in [0, 0.05) is 11.4 Å². The molecule has 4 N–H and O–H groups in total. The van der Waals surface area contributed by atoms with Gasteiger partial charge in [0.05, 0.1) is 5.39 Å². The smallest absolute Gasteiger partial charge is 0.347 e. The summed E-state index contributed by atoms with van der Waals surface area (Å²) in [7, 11) is 0. The highest BCUT2D eigenvalue weighted by molar-refractivity contribution is 7.18. The van der Waals surface area contributed by atoms with Crippen molar-refractivity contribution in [2.45, 2.75) is 13.0 Å². The maximum Gasteiger partial charge on any atom is 0.347 e. The normalized spacial score (nSPS) is 15.5. The number of hydrogen-bond donors (Lipinski definition) is 3. The lowest BCUT2D eigenvalue weighted by Gasteiger charge is -2.12. The lowest BCUT2D eigenvalue weighted by molar-refractivity contribution is 0.657. The summed E-state index contributed by atoms with van der Waals surface area (Å²) in [6.45, 7) is 1.81. The maximum atomic E-state index is 11.2. The van der Waals surface area contributed by atoms with E-state index in [1.54, 1.807) is 11.3 Å². The molecule has 0 spiro atoms. The van der Waals surface area contributed by atoms with E-state index in [1.165, 1.54) is 10.4 Å². The third kappa shape index (κ3) is 1.25. The van der Waals surface area contributed by atoms with Gasteiger partial charge in [-0.25, -0.2) is 4.79 Å². The molecule has 1 aliphatic heterocycles. The van der Waals surface area contributed by atoms with Crippen LogP contribution in [0.3, 0.4) is 0 Å². The van der Waals surface area contributed by atoms with Crippen LogP contribution in [0.25, 0.3) is 10.2 Å². The number of H-pyrrole nitrogens is 1. The van der Waals surface area contributed by atoms with Gasteiger partial charge in [-0.15, -0.1) is 11.3 Å². The van der Waals surface area contributed by atoms with Crippen molar-refractivity contribution in [3.05, 3.63) is 20.9 Å². The van der Waals surface area contributed by atoms with Crippen LogP contribution in [0.5, 0.6) is 0 Å². The minimum Gasteiger partial charge on any atom is -0.383 e. The fourth-order valence-electron chi connectivity index (χ4n) is 1.98. The van der Waals surface area contributed by atoms with E-state index in [2.05, 4.69) is 15.3 Å². The van der Waals surface area contributed by atoms with Gasteiger partial charge >= 0.3 is 5.69 Å². The lowest BCUT2D eigenvalue weighted by Crippen LogP contribution is -2.22. The monoisotopic (exact) mass is 222 g/mol. The molecule has 0 unspecified atom stereocenters. The number of nitrogens with zero attached hydrogens (tertiary/aromatic N) is 1. The molecular formula is C9H10N4OS. The molecule has 6 heteroatoms. The van der Waals surface area contributed by atoms with Crippen molar-refractivity contribution in [2.75, 3.05) is 12.3 Å². The molecule has 15 heavy (non-hydrogen) atoms. The van der Waals surface area contributed by atoms with Crippen molar-refractivity contribution in [2.24, 2.45) is 0 Å². The van der Waals surface area contributed by atoms with Gasteiger partial charge in [0.25, 0.3) is 0 Å². The van der Waals surface area contributed by atoms with E-state index >= 15 is 0 Å². The first-order valence-corrected chi connectivity index (χ1v) is 5.58. The quantitative estimate of drug-likeness (QED) is 0.595. The van der Waals surface area contributed by atoms with Crippen LogP contribution in [0, 0.1) is 0 Å². The molecule has 0 bridgehead atoms. The Kier molecular flexibility index (Phi) is 1.80. The van der Waals surface area contributed by atoms with Crippen molar-refractivity contribution >= 4 is 27.4 Å². The maximum absolute atomic E-state index is 11.2.